The molecule has 0 saturated carbocycles. The minimum absolute atomic E-state index is 0.0217. The van der Waals surface area contributed by atoms with Crippen molar-refractivity contribution in [2.24, 2.45) is 5.92 Å². The van der Waals surface area contributed by atoms with Crippen molar-refractivity contribution in [2.75, 3.05) is 57.4 Å². The van der Waals surface area contributed by atoms with Crippen molar-refractivity contribution < 1.29 is 32.3 Å². The van der Waals surface area contributed by atoms with E-state index < -0.39 is 23.0 Å². The summed E-state index contributed by atoms with van der Waals surface area (Å²) in [5.41, 5.74) is 0.523. The summed E-state index contributed by atoms with van der Waals surface area (Å²) >= 11 is 0. The van der Waals surface area contributed by atoms with Crippen LogP contribution in [0, 0.1) is 17.6 Å². The summed E-state index contributed by atoms with van der Waals surface area (Å²) in [6.07, 6.45) is 12.3. The van der Waals surface area contributed by atoms with E-state index in [-0.39, 0.29) is 17.8 Å². The number of hydrogen-bond donors (Lipinski definition) is 0. The second-order valence-corrected chi connectivity index (χ2v) is 14.6. The molecule has 0 N–H and O–H groups in total. The molecule has 7 rings (SSSR count). The molecule has 0 spiro atoms. The van der Waals surface area contributed by atoms with Gasteiger partial charge in [0.15, 0.2) is 0 Å². The summed E-state index contributed by atoms with van der Waals surface area (Å²) in [5.74, 6) is 0.446. The van der Waals surface area contributed by atoms with Gasteiger partial charge in [-0.15, -0.1) is 0 Å². The zero-order chi connectivity index (χ0) is 37.4. The predicted molar refractivity (Wildman–Crippen MR) is 206 cm³/mol. The van der Waals surface area contributed by atoms with Crippen LogP contribution in [0.5, 0.6) is 17.2 Å². The van der Waals surface area contributed by atoms with Crippen LogP contribution in [-0.4, -0.2) is 67.5 Å². The van der Waals surface area contributed by atoms with E-state index in [1.807, 2.05) is 38.1 Å². The van der Waals surface area contributed by atoms with Crippen LogP contribution in [0.25, 0.3) is 16.6 Å². The summed E-state index contributed by atoms with van der Waals surface area (Å²) in [4.78, 5) is 29.3. The molecule has 3 aliphatic heterocycles. The lowest BCUT2D eigenvalue weighted by molar-refractivity contribution is -0.942. The van der Waals surface area contributed by atoms with Crippen molar-refractivity contribution in [3.05, 3.63) is 88.2 Å². The van der Waals surface area contributed by atoms with Crippen LogP contribution in [0.4, 0.5) is 14.5 Å². The summed E-state index contributed by atoms with van der Waals surface area (Å²) in [5, 5.41) is 0.298. The fourth-order valence-corrected chi connectivity index (χ4v) is 8.04. The Hall–Kier alpha value is -4.44. The van der Waals surface area contributed by atoms with E-state index in [0.29, 0.717) is 53.7 Å². The number of fused-ring (bicyclic) bond motifs is 4. The molecule has 2 bridgehead atoms. The first-order chi connectivity index (χ1) is 25.7. The number of unbranched alkanes of at least 4 members (excludes halogenated alkanes) is 4. The Labute approximate surface area is 311 Å². The van der Waals surface area contributed by atoms with Crippen molar-refractivity contribution in [1.82, 2.24) is 4.57 Å². The maximum Gasteiger partial charge on any atom is 0.263 e. The van der Waals surface area contributed by atoms with Gasteiger partial charge in [-0.05, 0) is 89.0 Å². The van der Waals surface area contributed by atoms with Crippen molar-refractivity contribution in [1.29, 1.82) is 0 Å². The molecule has 4 aromatic rings. The van der Waals surface area contributed by atoms with E-state index in [2.05, 4.69) is 0 Å². The number of carbonyl (C=O) groups is 1. The highest BCUT2D eigenvalue weighted by atomic mass is 19.1. The lowest BCUT2D eigenvalue weighted by Gasteiger charge is -2.49. The number of pyridine rings is 1. The topological polar surface area (TPSA) is 70.0 Å². The van der Waals surface area contributed by atoms with E-state index in [1.54, 1.807) is 23.6 Å². The Morgan fingerprint density at radius 2 is 1.45 bits per heavy atom. The van der Waals surface area contributed by atoms with E-state index in [0.717, 1.165) is 43.4 Å². The number of hydrogen-bond acceptors (Lipinski definition) is 5. The van der Waals surface area contributed by atoms with Crippen molar-refractivity contribution in [2.45, 2.75) is 78.6 Å². The molecule has 0 unspecified atom stereocenters. The summed E-state index contributed by atoms with van der Waals surface area (Å²) < 4.78 is 49.7. The van der Waals surface area contributed by atoms with Gasteiger partial charge in [0.1, 0.15) is 34.4 Å². The van der Waals surface area contributed by atoms with Gasteiger partial charge in [0.25, 0.3) is 5.91 Å². The third-order valence-electron chi connectivity index (χ3n) is 10.9. The largest absolute Gasteiger partial charge is 0.494 e. The quantitative estimate of drug-likeness (QED) is 0.0755. The fraction of sp³-hybridized carbons (Fsp3) is 0.488. The Balaban J connectivity index is 1.24. The molecule has 3 aromatic carbocycles. The van der Waals surface area contributed by atoms with E-state index >= 15 is 0 Å². The number of piperidine rings is 3. The molecule has 0 atom stereocenters. The van der Waals surface area contributed by atoms with Gasteiger partial charge in [0, 0.05) is 54.1 Å². The average Bonchev–Trinajstić information content (AvgIpc) is 3.16. The molecular formula is C43H54F2N3O5+. The standard InChI is InChI=1S/C43H54F2N3O5/c1-4-21-52-38-27-35(26-37(28-38)51-6-3)47-30-40(43(50)46(5-2)34-24-32(44)23-33(45)25-34)42(49)39-13-12-36(29-41(39)47)53-22-11-9-7-8-10-17-48-18-14-31(15-19-48)16-20-48/h12-13,23-31H,4-11,14-22H2,1-3H3/q+1. The smallest absolute Gasteiger partial charge is 0.263 e. The lowest BCUT2D eigenvalue weighted by atomic mass is 9.85. The maximum absolute atomic E-state index is 14.2. The van der Waals surface area contributed by atoms with Crippen LogP contribution < -0.4 is 24.5 Å². The number of ether oxygens (including phenoxy) is 3. The van der Waals surface area contributed by atoms with Crippen LogP contribution >= 0.6 is 0 Å². The van der Waals surface area contributed by atoms with Crippen LogP contribution in [0.2, 0.25) is 0 Å². The van der Waals surface area contributed by atoms with Gasteiger partial charge in [-0.2, -0.15) is 0 Å². The molecule has 0 radical (unpaired) electrons. The first-order valence-corrected chi connectivity index (χ1v) is 19.6. The highest BCUT2D eigenvalue weighted by molar-refractivity contribution is 6.07. The molecule has 4 heterocycles. The Morgan fingerprint density at radius 3 is 2.13 bits per heavy atom. The fourth-order valence-electron chi connectivity index (χ4n) is 8.04. The molecule has 3 fully saturated rings. The zero-order valence-electron chi connectivity index (χ0n) is 31.5. The van der Waals surface area contributed by atoms with Gasteiger partial charge in [-0.25, -0.2) is 8.78 Å². The lowest BCUT2D eigenvalue weighted by Crippen LogP contribution is -2.58. The molecular weight excluding hydrogens is 676 g/mol. The predicted octanol–water partition coefficient (Wildman–Crippen LogP) is 9.08. The van der Waals surface area contributed by atoms with Crippen LogP contribution in [-0.2, 0) is 0 Å². The summed E-state index contributed by atoms with van der Waals surface area (Å²) in [6, 6.07) is 13.6. The number of anilines is 1. The third kappa shape index (κ3) is 9.21. The van der Waals surface area contributed by atoms with Gasteiger partial charge < -0.3 is 28.2 Å². The second kappa shape index (κ2) is 17.6. The highest BCUT2D eigenvalue weighted by Gasteiger charge is 2.38. The van der Waals surface area contributed by atoms with E-state index in [1.165, 1.54) is 80.3 Å². The first kappa shape index (κ1) is 38.3. The van der Waals surface area contributed by atoms with Gasteiger partial charge in [0.2, 0.25) is 5.43 Å². The number of carbonyl (C=O) groups excluding carboxylic acids is 1. The van der Waals surface area contributed by atoms with Crippen LogP contribution in [0.1, 0.15) is 88.9 Å². The number of halogens is 2. The Kier molecular flexibility index (Phi) is 12.7. The molecule has 8 nitrogen and oxygen atoms in total. The SMILES string of the molecule is CCCOc1cc(OCC)cc(-n2cc(C(=O)N(CC)c3cc(F)cc(F)c3)c(=O)c3ccc(OCCCCCCC[N+]45CCC(CC4)CC5)cc32)c1. The van der Waals surface area contributed by atoms with E-state index in [9.17, 15) is 18.4 Å². The minimum atomic E-state index is -0.817. The van der Waals surface area contributed by atoms with Crippen molar-refractivity contribution in [3.8, 4) is 22.9 Å². The monoisotopic (exact) mass is 730 g/mol. The molecule has 0 aliphatic carbocycles. The third-order valence-corrected chi connectivity index (χ3v) is 10.9. The second-order valence-electron chi connectivity index (χ2n) is 14.6. The van der Waals surface area contributed by atoms with Crippen molar-refractivity contribution >= 4 is 22.5 Å². The number of benzene rings is 3. The van der Waals surface area contributed by atoms with Gasteiger partial charge in [0.05, 0.1) is 57.2 Å². The zero-order valence-corrected chi connectivity index (χ0v) is 31.5. The Bertz CT molecular complexity index is 1900. The molecule has 284 valence electrons. The number of aromatic nitrogens is 1. The van der Waals surface area contributed by atoms with Crippen LogP contribution in [0.15, 0.2) is 65.6 Å². The van der Waals surface area contributed by atoms with Crippen molar-refractivity contribution in [3.63, 3.8) is 0 Å². The molecule has 3 aliphatic rings. The average molecular weight is 731 g/mol. The minimum Gasteiger partial charge on any atom is -0.494 e. The summed E-state index contributed by atoms with van der Waals surface area (Å²) in [6.45, 7) is 12.6. The Morgan fingerprint density at radius 1 is 0.792 bits per heavy atom. The van der Waals surface area contributed by atoms with E-state index in [4.69, 9.17) is 14.2 Å². The molecule has 1 amide bonds. The summed E-state index contributed by atoms with van der Waals surface area (Å²) in [7, 11) is 0. The maximum atomic E-state index is 14.2. The molecule has 53 heavy (non-hydrogen) atoms. The number of rotatable bonds is 18. The molecule has 10 heteroatoms. The number of quaternary nitrogens is 1. The number of nitrogens with zero attached hydrogens (tertiary/aromatic N) is 3. The first-order valence-electron chi connectivity index (χ1n) is 19.6. The molecule has 1 aromatic heterocycles. The number of amides is 1. The molecule has 3 saturated heterocycles. The van der Waals surface area contributed by atoms with Gasteiger partial charge in [-0.3, -0.25) is 9.59 Å². The van der Waals surface area contributed by atoms with Gasteiger partial charge >= 0.3 is 0 Å². The highest BCUT2D eigenvalue weighted by Crippen LogP contribution is 2.34. The normalized spacial score (nSPS) is 17.9. The van der Waals surface area contributed by atoms with Gasteiger partial charge in [-0.1, -0.05) is 19.8 Å². The van der Waals surface area contributed by atoms with Crippen LogP contribution in [0.3, 0.4) is 0 Å².